The lowest BCUT2D eigenvalue weighted by Gasteiger charge is -2.26. The minimum absolute atomic E-state index is 0.0813. The first-order valence-corrected chi connectivity index (χ1v) is 7.79. The third-order valence-electron chi connectivity index (χ3n) is 4.16. The molecule has 0 saturated heterocycles. The van der Waals surface area contributed by atoms with Crippen LogP contribution >= 0.6 is 0 Å². The van der Waals surface area contributed by atoms with Crippen molar-refractivity contribution >= 4 is 5.91 Å². The summed E-state index contributed by atoms with van der Waals surface area (Å²) in [6.07, 6.45) is -0.176. The molecule has 23 heavy (non-hydrogen) atoms. The molecule has 2 aromatic carbocycles. The minimum atomic E-state index is -0.176. The van der Waals surface area contributed by atoms with Crippen molar-refractivity contribution in [2.45, 2.75) is 19.2 Å². The predicted octanol–water partition coefficient (Wildman–Crippen LogP) is 1.86. The van der Waals surface area contributed by atoms with Crippen LogP contribution in [0, 0.1) is 0 Å². The SMILES string of the molecule is O=C(NCC1COc2ccccc2O1)c1ccc2c(c1)CNC2. The van der Waals surface area contributed by atoms with Crippen LogP contribution in [0.3, 0.4) is 0 Å². The van der Waals surface area contributed by atoms with Gasteiger partial charge in [-0.05, 0) is 35.4 Å². The van der Waals surface area contributed by atoms with Gasteiger partial charge in [-0.15, -0.1) is 0 Å². The topological polar surface area (TPSA) is 59.6 Å². The normalized spacial score (nSPS) is 18.3. The van der Waals surface area contributed by atoms with Crippen LogP contribution in [0.25, 0.3) is 0 Å². The largest absolute Gasteiger partial charge is 0.486 e. The molecule has 4 rings (SSSR count). The van der Waals surface area contributed by atoms with Crippen LogP contribution in [-0.2, 0) is 13.1 Å². The molecule has 0 spiro atoms. The average Bonchev–Trinajstić information content (AvgIpc) is 3.07. The van der Waals surface area contributed by atoms with E-state index in [1.54, 1.807) is 0 Å². The molecular weight excluding hydrogens is 292 g/mol. The lowest BCUT2D eigenvalue weighted by molar-refractivity contribution is 0.0789. The molecule has 5 nitrogen and oxygen atoms in total. The molecule has 2 heterocycles. The molecule has 0 aliphatic carbocycles. The van der Waals surface area contributed by atoms with Crippen molar-refractivity contribution in [2.24, 2.45) is 0 Å². The molecule has 2 aliphatic rings. The first-order valence-electron chi connectivity index (χ1n) is 7.79. The Morgan fingerprint density at radius 1 is 1.13 bits per heavy atom. The van der Waals surface area contributed by atoms with Crippen molar-refractivity contribution < 1.29 is 14.3 Å². The second-order valence-corrected chi connectivity index (χ2v) is 5.79. The lowest BCUT2D eigenvalue weighted by atomic mass is 10.1. The summed E-state index contributed by atoms with van der Waals surface area (Å²) >= 11 is 0. The van der Waals surface area contributed by atoms with Crippen LogP contribution in [0.4, 0.5) is 0 Å². The first-order chi connectivity index (χ1) is 11.3. The van der Waals surface area contributed by atoms with Gasteiger partial charge in [0.25, 0.3) is 5.91 Å². The van der Waals surface area contributed by atoms with Crippen LogP contribution in [0.15, 0.2) is 42.5 Å². The Morgan fingerprint density at radius 2 is 1.96 bits per heavy atom. The van der Waals surface area contributed by atoms with Gasteiger partial charge in [0.05, 0.1) is 6.54 Å². The highest BCUT2D eigenvalue weighted by Crippen LogP contribution is 2.30. The number of para-hydroxylation sites is 2. The minimum Gasteiger partial charge on any atom is -0.486 e. The highest BCUT2D eigenvalue weighted by atomic mass is 16.6. The molecule has 1 amide bonds. The van der Waals surface area contributed by atoms with Crippen LogP contribution in [0.5, 0.6) is 11.5 Å². The summed E-state index contributed by atoms with van der Waals surface area (Å²) in [5, 5.41) is 6.21. The third-order valence-corrected chi connectivity index (χ3v) is 4.16. The van der Waals surface area contributed by atoms with Gasteiger partial charge in [0.1, 0.15) is 12.7 Å². The molecule has 0 bridgehead atoms. The molecule has 0 radical (unpaired) electrons. The molecule has 5 heteroatoms. The standard InChI is InChI=1S/C18H18N2O3/c21-18(12-5-6-13-8-19-9-14(13)7-12)20-10-15-11-22-16-3-1-2-4-17(16)23-15/h1-7,15,19H,8-11H2,(H,20,21). The summed E-state index contributed by atoms with van der Waals surface area (Å²) in [4.78, 5) is 12.3. The van der Waals surface area contributed by atoms with Gasteiger partial charge in [0, 0.05) is 18.7 Å². The molecule has 2 aliphatic heterocycles. The number of ether oxygens (including phenoxy) is 2. The lowest BCUT2D eigenvalue weighted by Crippen LogP contribution is -2.40. The molecular formula is C18H18N2O3. The summed E-state index contributed by atoms with van der Waals surface area (Å²) in [6.45, 7) is 2.56. The Kier molecular flexibility index (Phi) is 3.63. The van der Waals surface area contributed by atoms with Gasteiger partial charge in [-0.25, -0.2) is 0 Å². The average molecular weight is 310 g/mol. The van der Waals surface area contributed by atoms with Gasteiger partial charge in [-0.1, -0.05) is 18.2 Å². The van der Waals surface area contributed by atoms with E-state index in [0.29, 0.717) is 18.7 Å². The molecule has 2 N–H and O–H groups in total. The number of rotatable bonds is 3. The number of hydrogen-bond donors (Lipinski definition) is 2. The highest BCUT2D eigenvalue weighted by Gasteiger charge is 2.21. The fraction of sp³-hybridized carbons (Fsp3) is 0.278. The fourth-order valence-electron chi connectivity index (χ4n) is 2.91. The van der Waals surface area contributed by atoms with Gasteiger partial charge in [-0.3, -0.25) is 4.79 Å². The van der Waals surface area contributed by atoms with Crippen molar-refractivity contribution in [3.8, 4) is 11.5 Å². The Morgan fingerprint density at radius 3 is 2.87 bits per heavy atom. The van der Waals surface area contributed by atoms with Crippen LogP contribution in [-0.4, -0.2) is 25.2 Å². The van der Waals surface area contributed by atoms with E-state index in [1.165, 1.54) is 11.1 Å². The Balaban J connectivity index is 1.37. The Bertz CT molecular complexity index is 745. The summed E-state index contributed by atoms with van der Waals surface area (Å²) in [5.41, 5.74) is 3.15. The summed E-state index contributed by atoms with van der Waals surface area (Å²) in [5.74, 6) is 1.39. The number of nitrogens with one attached hydrogen (secondary N) is 2. The van der Waals surface area contributed by atoms with Gasteiger partial charge >= 0.3 is 0 Å². The van der Waals surface area contributed by atoms with Crippen molar-refractivity contribution in [1.29, 1.82) is 0 Å². The predicted molar refractivity (Wildman–Crippen MR) is 85.7 cm³/mol. The number of carbonyl (C=O) groups excluding carboxylic acids is 1. The zero-order valence-electron chi connectivity index (χ0n) is 12.7. The van der Waals surface area contributed by atoms with E-state index in [2.05, 4.69) is 10.6 Å². The monoisotopic (exact) mass is 310 g/mol. The maximum absolute atomic E-state index is 12.3. The van der Waals surface area contributed by atoms with Crippen LogP contribution in [0.2, 0.25) is 0 Å². The zero-order valence-corrected chi connectivity index (χ0v) is 12.7. The van der Waals surface area contributed by atoms with Crippen molar-refractivity contribution in [3.63, 3.8) is 0 Å². The summed E-state index contributed by atoms with van der Waals surface area (Å²) in [6, 6.07) is 13.4. The van der Waals surface area contributed by atoms with Crippen molar-refractivity contribution in [1.82, 2.24) is 10.6 Å². The molecule has 2 aromatic rings. The number of amides is 1. The van der Waals surface area contributed by atoms with E-state index in [0.717, 1.165) is 24.6 Å². The quantitative estimate of drug-likeness (QED) is 0.908. The van der Waals surface area contributed by atoms with Crippen molar-refractivity contribution in [3.05, 3.63) is 59.2 Å². The Labute approximate surface area is 134 Å². The fourth-order valence-corrected chi connectivity index (χ4v) is 2.91. The molecule has 1 atom stereocenters. The van der Waals surface area contributed by atoms with Crippen LogP contribution in [0.1, 0.15) is 21.5 Å². The molecule has 0 fully saturated rings. The van der Waals surface area contributed by atoms with E-state index in [1.807, 2.05) is 42.5 Å². The van der Waals surface area contributed by atoms with E-state index in [-0.39, 0.29) is 12.0 Å². The van der Waals surface area contributed by atoms with E-state index in [9.17, 15) is 4.79 Å². The second kappa shape index (κ2) is 5.93. The van der Waals surface area contributed by atoms with E-state index >= 15 is 0 Å². The van der Waals surface area contributed by atoms with Crippen molar-refractivity contribution in [2.75, 3.05) is 13.2 Å². The summed E-state index contributed by atoms with van der Waals surface area (Å²) in [7, 11) is 0. The number of fused-ring (bicyclic) bond motifs is 2. The van der Waals surface area contributed by atoms with E-state index < -0.39 is 0 Å². The molecule has 118 valence electrons. The maximum Gasteiger partial charge on any atom is 0.251 e. The molecule has 1 unspecified atom stereocenters. The van der Waals surface area contributed by atoms with Crippen LogP contribution < -0.4 is 20.1 Å². The number of carbonyl (C=O) groups is 1. The Hall–Kier alpha value is -2.53. The second-order valence-electron chi connectivity index (χ2n) is 5.79. The number of hydrogen-bond acceptors (Lipinski definition) is 4. The zero-order chi connectivity index (χ0) is 15.6. The van der Waals surface area contributed by atoms with Gasteiger partial charge < -0.3 is 20.1 Å². The molecule has 0 aromatic heterocycles. The maximum atomic E-state index is 12.3. The van der Waals surface area contributed by atoms with Gasteiger partial charge in [0.2, 0.25) is 0 Å². The smallest absolute Gasteiger partial charge is 0.251 e. The van der Waals surface area contributed by atoms with Gasteiger partial charge in [0.15, 0.2) is 11.5 Å². The molecule has 0 saturated carbocycles. The van der Waals surface area contributed by atoms with Gasteiger partial charge in [-0.2, -0.15) is 0 Å². The summed E-state index contributed by atoms with van der Waals surface area (Å²) < 4.78 is 11.5. The highest BCUT2D eigenvalue weighted by molar-refractivity contribution is 5.94. The third kappa shape index (κ3) is 2.87. The number of benzene rings is 2. The first kappa shape index (κ1) is 14.1. The van der Waals surface area contributed by atoms with E-state index in [4.69, 9.17) is 9.47 Å².